The molecule has 144 valence electrons. The van der Waals surface area contributed by atoms with Gasteiger partial charge in [-0.1, -0.05) is 60.2 Å². The third kappa shape index (κ3) is 3.87. The molecule has 4 rings (SSSR count). The van der Waals surface area contributed by atoms with Crippen LogP contribution in [0.5, 0.6) is 5.75 Å². The third-order valence-corrected chi connectivity index (χ3v) is 4.48. The largest absolute Gasteiger partial charge is 0.495 e. The fourth-order valence-corrected chi connectivity index (χ4v) is 2.97. The topological polar surface area (TPSA) is 69.0 Å². The van der Waals surface area contributed by atoms with Gasteiger partial charge in [0.05, 0.1) is 18.5 Å². The molecule has 0 atom stereocenters. The molecule has 0 aliphatic carbocycles. The summed E-state index contributed by atoms with van der Waals surface area (Å²) in [6, 6.07) is 24.8. The number of hydrogen-bond donors (Lipinski definition) is 1. The van der Waals surface area contributed by atoms with Crippen LogP contribution in [-0.2, 0) is 0 Å². The smallest absolute Gasteiger partial charge is 0.295 e. The summed E-state index contributed by atoms with van der Waals surface area (Å²) in [5.74, 6) is 0.844. The standard InChI is InChI=1S/C23H20N4O2/c1-16-12-14-17(15-13-16)22-25-21(26-27(22)18-8-4-3-5-9-18)23(28)24-19-10-6-7-11-20(19)29-2/h3-15H,1-2H3,(H,24,28). The van der Waals surface area contributed by atoms with E-state index in [2.05, 4.69) is 15.4 Å². The Morgan fingerprint density at radius 3 is 2.34 bits per heavy atom. The van der Waals surface area contributed by atoms with Crippen molar-refractivity contribution >= 4 is 11.6 Å². The zero-order valence-corrected chi connectivity index (χ0v) is 16.2. The van der Waals surface area contributed by atoms with Crippen LogP contribution < -0.4 is 10.1 Å². The average molecular weight is 384 g/mol. The van der Waals surface area contributed by atoms with Crippen LogP contribution in [0.2, 0.25) is 0 Å². The maximum atomic E-state index is 12.9. The Morgan fingerprint density at radius 1 is 0.931 bits per heavy atom. The quantitative estimate of drug-likeness (QED) is 0.550. The van der Waals surface area contributed by atoms with E-state index in [1.54, 1.807) is 23.9 Å². The molecule has 0 saturated carbocycles. The maximum absolute atomic E-state index is 12.9. The minimum atomic E-state index is -0.405. The number of rotatable bonds is 5. The van der Waals surface area contributed by atoms with E-state index < -0.39 is 5.91 Å². The van der Waals surface area contributed by atoms with Crippen molar-refractivity contribution in [2.75, 3.05) is 12.4 Å². The van der Waals surface area contributed by atoms with Crippen molar-refractivity contribution in [2.24, 2.45) is 0 Å². The second-order valence-corrected chi connectivity index (χ2v) is 6.53. The van der Waals surface area contributed by atoms with E-state index >= 15 is 0 Å². The average Bonchev–Trinajstić information content (AvgIpc) is 3.21. The molecular formula is C23H20N4O2. The number of carbonyl (C=O) groups is 1. The first-order valence-corrected chi connectivity index (χ1v) is 9.19. The molecule has 1 aromatic heterocycles. The van der Waals surface area contributed by atoms with Gasteiger partial charge in [0.2, 0.25) is 5.82 Å². The number of anilines is 1. The molecule has 6 nitrogen and oxygen atoms in total. The summed E-state index contributed by atoms with van der Waals surface area (Å²) >= 11 is 0. The molecule has 0 aliphatic heterocycles. The normalized spacial score (nSPS) is 10.6. The molecule has 0 spiro atoms. The molecular weight excluding hydrogens is 364 g/mol. The SMILES string of the molecule is COc1ccccc1NC(=O)c1nc(-c2ccc(C)cc2)n(-c2ccccc2)n1. The fraction of sp³-hybridized carbons (Fsp3) is 0.0870. The Balaban J connectivity index is 1.74. The second-order valence-electron chi connectivity index (χ2n) is 6.53. The number of nitrogens with one attached hydrogen (secondary N) is 1. The van der Waals surface area contributed by atoms with Crippen molar-refractivity contribution in [2.45, 2.75) is 6.92 Å². The van der Waals surface area contributed by atoms with Gasteiger partial charge in [-0.25, -0.2) is 9.67 Å². The van der Waals surface area contributed by atoms with Gasteiger partial charge in [0.1, 0.15) is 5.75 Å². The van der Waals surface area contributed by atoms with Gasteiger partial charge in [-0.15, -0.1) is 5.10 Å². The van der Waals surface area contributed by atoms with Gasteiger partial charge in [-0.05, 0) is 31.2 Å². The Labute approximate surface area is 168 Å². The minimum absolute atomic E-state index is 0.0790. The first-order chi connectivity index (χ1) is 14.2. The van der Waals surface area contributed by atoms with E-state index in [-0.39, 0.29) is 5.82 Å². The summed E-state index contributed by atoms with van der Waals surface area (Å²) in [6.45, 7) is 2.03. The molecule has 1 amide bonds. The number of aryl methyl sites for hydroxylation is 1. The molecule has 1 heterocycles. The Morgan fingerprint density at radius 2 is 1.62 bits per heavy atom. The molecule has 0 bridgehead atoms. The summed E-state index contributed by atoms with van der Waals surface area (Å²) in [6.07, 6.45) is 0. The molecule has 0 saturated heterocycles. The number of ether oxygens (including phenoxy) is 1. The van der Waals surface area contributed by atoms with E-state index in [1.807, 2.05) is 73.7 Å². The summed E-state index contributed by atoms with van der Waals surface area (Å²) < 4.78 is 6.98. The predicted molar refractivity (Wildman–Crippen MR) is 112 cm³/mol. The number of methoxy groups -OCH3 is 1. The zero-order chi connectivity index (χ0) is 20.2. The van der Waals surface area contributed by atoms with E-state index in [9.17, 15) is 4.79 Å². The van der Waals surface area contributed by atoms with Gasteiger partial charge in [0.15, 0.2) is 5.82 Å². The van der Waals surface area contributed by atoms with Crippen LogP contribution in [0.15, 0.2) is 78.9 Å². The highest BCUT2D eigenvalue weighted by atomic mass is 16.5. The van der Waals surface area contributed by atoms with Crippen LogP contribution in [0, 0.1) is 6.92 Å². The number of para-hydroxylation sites is 3. The van der Waals surface area contributed by atoms with Crippen molar-refractivity contribution in [1.82, 2.24) is 14.8 Å². The lowest BCUT2D eigenvalue weighted by atomic mass is 10.1. The third-order valence-electron chi connectivity index (χ3n) is 4.48. The molecule has 29 heavy (non-hydrogen) atoms. The van der Waals surface area contributed by atoms with Crippen molar-refractivity contribution < 1.29 is 9.53 Å². The van der Waals surface area contributed by atoms with E-state index in [1.165, 1.54) is 0 Å². The van der Waals surface area contributed by atoms with E-state index in [4.69, 9.17) is 4.74 Å². The number of hydrogen-bond acceptors (Lipinski definition) is 4. The summed E-state index contributed by atoms with van der Waals surface area (Å²) in [7, 11) is 1.56. The highest BCUT2D eigenvalue weighted by Crippen LogP contribution is 2.25. The minimum Gasteiger partial charge on any atom is -0.495 e. The molecule has 1 N–H and O–H groups in total. The number of benzene rings is 3. The van der Waals surface area contributed by atoms with Crippen molar-refractivity contribution in [3.05, 3.63) is 90.3 Å². The van der Waals surface area contributed by atoms with Gasteiger partial charge in [-0.3, -0.25) is 4.79 Å². The molecule has 4 aromatic rings. The van der Waals surface area contributed by atoms with Crippen LogP contribution in [0.4, 0.5) is 5.69 Å². The van der Waals surface area contributed by atoms with Crippen LogP contribution in [0.3, 0.4) is 0 Å². The van der Waals surface area contributed by atoms with E-state index in [0.29, 0.717) is 17.3 Å². The van der Waals surface area contributed by atoms with Crippen LogP contribution in [-0.4, -0.2) is 27.8 Å². The van der Waals surface area contributed by atoms with Crippen molar-refractivity contribution in [3.8, 4) is 22.8 Å². The zero-order valence-electron chi connectivity index (χ0n) is 16.2. The fourth-order valence-electron chi connectivity index (χ4n) is 2.97. The monoisotopic (exact) mass is 384 g/mol. The summed E-state index contributed by atoms with van der Waals surface area (Å²) in [5.41, 5.74) is 3.41. The first-order valence-electron chi connectivity index (χ1n) is 9.19. The molecule has 0 unspecified atom stereocenters. The van der Waals surface area contributed by atoms with Gasteiger partial charge in [0.25, 0.3) is 5.91 Å². The molecule has 3 aromatic carbocycles. The van der Waals surface area contributed by atoms with Gasteiger partial charge in [-0.2, -0.15) is 0 Å². The van der Waals surface area contributed by atoms with Gasteiger partial charge < -0.3 is 10.1 Å². The van der Waals surface area contributed by atoms with E-state index in [0.717, 1.165) is 16.8 Å². The Hall–Kier alpha value is -3.93. The summed E-state index contributed by atoms with van der Waals surface area (Å²) in [4.78, 5) is 17.4. The Kier molecular flexibility index (Phi) is 5.07. The number of aromatic nitrogens is 3. The molecule has 0 fully saturated rings. The van der Waals surface area contributed by atoms with Crippen molar-refractivity contribution in [3.63, 3.8) is 0 Å². The predicted octanol–water partition coefficient (Wildman–Crippen LogP) is 4.50. The second kappa shape index (κ2) is 7.98. The molecule has 0 radical (unpaired) electrons. The Bertz CT molecular complexity index is 1140. The lowest BCUT2D eigenvalue weighted by molar-refractivity contribution is 0.101. The maximum Gasteiger partial charge on any atom is 0.295 e. The molecule has 6 heteroatoms. The van der Waals surface area contributed by atoms with Crippen LogP contribution >= 0.6 is 0 Å². The van der Waals surface area contributed by atoms with Crippen molar-refractivity contribution in [1.29, 1.82) is 0 Å². The number of carbonyl (C=O) groups excluding carboxylic acids is 1. The highest BCUT2D eigenvalue weighted by molar-refractivity contribution is 6.02. The number of amides is 1. The van der Waals surface area contributed by atoms with Crippen LogP contribution in [0.1, 0.15) is 16.2 Å². The first kappa shape index (κ1) is 18.4. The molecule has 0 aliphatic rings. The lowest BCUT2D eigenvalue weighted by Gasteiger charge is -2.07. The lowest BCUT2D eigenvalue weighted by Crippen LogP contribution is -2.14. The number of nitrogens with zero attached hydrogens (tertiary/aromatic N) is 3. The van der Waals surface area contributed by atoms with Gasteiger partial charge in [0, 0.05) is 5.56 Å². The van der Waals surface area contributed by atoms with Crippen LogP contribution in [0.25, 0.3) is 17.1 Å². The summed E-state index contributed by atoms with van der Waals surface area (Å²) in [5, 5.41) is 7.31. The van der Waals surface area contributed by atoms with Gasteiger partial charge >= 0.3 is 0 Å². The highest BCUT2D eigenvalue weighted by Gasteiger charge is 2.19.